The fraction of sp³-hybridized carbons (Fsp3) is 0.222. The van der Waals surface area contributed by atoms with Crippen LogP contribution in [-0.4, -0.2) is 24.2 Å². The first-order valence-corrected chi connectivity index (χ1v) is 10.2. The zero-order chi connectivity index (χ0) is 18.5. The number of benzene rings is 1. The van der Waals surface area contributed by atoms with E-state index in [2.05, 4.69) is 10.1 Å². The van der Waals surface area contributed by atoms with Crippen molar-refractivity contribution in [1.82, 2.24) is 14.8 Å². The van der Waals surface area contributed by atoms with Crippen LogP contribution >= 0.6 is 11.6 Å². The topological polar surface area (TPSA) is 91.6 Å². The lowest BCUT2D eigenvalue weighted by molar-refractivity contribution is 0.673. The van der Waals surface area contributed by atoms with Gasteiger partial charge in [0.25, 0.3) is 5.56 Å². The van der Waals surface area contributed by atoms with E-state index in [0.29, 0.717) is 27.0 Å². The summed E-state index contributed by atoms with van der Waals surface area (Å²) in [6, 6.07) is 10.3. The van der Waals surface area contributed by atoms with Gasteiger partial charge in [-0.1, -0.05) is 23.7 Å². The van der Waals surface area contributed by atoms with Gasteiger partial charge in [-0.2, -0.15) is 0 Å². The third kappa shape index (κ3) is 2.87. The molecule has 26 heavy (non-hydrogen) atoms. The Morgan fingerprint density at radius 2 is 1.92 bits per heavy atom. The number of H-pyrrole nitrogens is 1. The first kappa shape index (κ1) is 17.1. The summed E-state index contributed by atoms with van der Waals surface area (Å²) in [5.74, 6) is 0.396. The maximum atomic E-state index is 12.8. The van der Waals surface area contributed by atoms with Gasteiger partial charge < -0.3 is 0 Å². The molecule has 1 saturated carbocycles. The number of hydrogen-bond donors (Lipinski definition) is 2. The molecule has 1 atom stereocenters. The molecule has 1 unspecified atom stereocenters. The van der Waals surface area contributed by atoms with Crippen LogP contribution in [0.15, 0.2) is 52.3 Å². The standard InChI is InChI=1S/C18H17ClN4O2S/c1-11-17(12-2-4-13(19)5-3-12)18(24)23(22-11)16-9-8-15(10-21-16)26(20,25)14-6-7-14/h2-5,8-10,14,20,22H,6-7H2,1H3. The lowest BCUT2D eigenvalue weighted by atomic mass is 10.1. The van der Waals surface area contributed by atoms with Crippen molar-refractivity contribution < 1.29 is 4.21 Å². The van der Waals surface area contributed by atoms with E-state index in [-0.39, 0.29) is 10.8 Å². The van der Waals surface area contributed by atoms with Crippen molar-refractivity contribution in [2.75, 3.05) is 0 Å². The molecule has 2 N–H and O–H groups in total. The number of nitrogens with zero attached hydrogens (tertiary/aromatic N) is 2. The first-order chi connectivity index (χ1) is 12.4. The molecular weight excluding hydrogens is 372 g/mol. The van der Waals surface area contributed by atoms with Crippen molar-refractivity contribution in [3.8, 4) is 16.9 Å². The molecule has 0 saturated heterocycles. The van der Waals surface area contributed by atoms with Crippen LogP contribution in [0.5, 0.6) is 0 Å². The van der Waals surface area contributed by atoms with Gasteiger partial charge in [-0.15, -0.1) is 0 Å². The monoisotopic (exact) mass is 388 g/mol. The molecule has 0 bridgehead atoms. The Morgan fingerprint density at radius 1 is 1.23 bits per heavy atom. The minimum absolute atomic E-state index is 0.0675. The highest BCUT2D eigenvalue weighted by Crippen LogP contribution is 2.33. The Labute approximate surface area is 155 Å². The van der Waals surface area contributed by atoms with E-state index in [9.17, 15) is 9.00 Å². The highest BCUT2D eigenvalue weighted by atomic mass is 35.5. The second-order valence-electron chi connectivity index (χ2n) is 6.41. The van der Waals surface area contributed by atoms with Crippen LogP contribution in [0.3, 0.4) is 0 Å². The van der Waals surface area contributed by atoms with Crippen molar-refractivity contribution in [3.63, 3.8) is 0 Å². The molecule has 134 valence electrons. The van der Waals surface area contributed by atoms with Crippen LogP contribution in [0.2, 0.25) is 5.02 Å². The number of rotatable bonds is 4. The summed E-state index contributed by atoms with van der Waals surface area (Å²) < 4.78 is 21.9. The Morgan fingerprint density at radius 3 is 2.50 bits per heavy atom. The first-order valence-electron chi connectivity index (χ1n) is 8.19. The lowest BCUT2D eigenvalue weighted by Crippen LogP contribution is -2.17. The third-order valence-electron chi connectivity index (χ3n) is 4.50. The van der Waals surface area contributed by atoms with Crippen LogP contribution in [0, 0.1) is 11.7 Å². The number of nitrogens with one attached hydrogen (secondary N) is 2. The fourth-order valence-corrected chi connectivity index (χ4v) is 4.73. The zero-order valence-corrected chi connectivity index (χ0v) is 15.6. The second kappa shape index (κ2) is 6.10. The van der Waals surface area contributed by atoms with Gasteiger partial charge >= 0.3 is 0 Å². The number of halogens is 1. The Kier molecular flexibility index (Phi) is 4.00. The average molecular weight is 389 g/mol. The zero-order valence-electron chi connectivity index (χ0n) is 14.0. The number of hydrogen-bond acceptors (Lipinski definition) is 4. The minimum Gasteiger partial charge on any atom is -0.293 e. The molecule has 1 aromatic carbocycles. The minimum atomic E-state index is -2.80. The van der Waals surface area contributed by atoms with E-state index in [1.165, 1.54) is 10.9 Å². The summed E-state index contributed by atoms with van der Waals surface area (Å²) >= 11 is 5.92. The maximum Gasteiger partial charge on any atom is 0.280 e. The number of aromatic nitrogens is 3. The molecule has 8 heteroatoms. The van der Waals surface area contributed by atoms with Gasteiger partial charge in [-0.05, 0) is 49.6 Å². The van der Waals surface area contributed by atoms with E-state index in [1.807, 2.05) is 6.92 Å². The van der Waals surface area contributed by atoms with Gasteiger partial charge in [-0.3, -0.25) is 9.89 Å². The molecular formula is C18H17ClN4O2S. The van der Waals surface area contributed by atoms with E-state index >= 15 is 0 Å². The summed E-state index contributed by atoms with van der Waals surface area (Å²) in [4.78, 5) is 17.5. The second-order valence-corrected chi connectivity index (χ2v) is 9.19. The van der Waals surface area contributed by atoms with Crippen LogP contribution < -0.4 is 5.56 Å². The fourth-order valence-electron chi connectivity index (χ4n) is 2.94. The predicted molar refractivity (Wildman–Crippen MR) is 102 cm³/mol. The van der Waals surface area contributed by atoms with Crippen LogP contribution in [0.25, 0.3) is 16.9 Å². The normalized spacial score (nSPS) is 16.4. The van der Waals surface area contributed by atoms with Gasteiger partial charge in [0.15, 0.2) is 5.82 Å². The third-order valence-corrected chi connectivity index (χ3v) is 7.10. The van der Waals surface area contributed by atoms with Crippen LogP contribution in [0.1, 0.15) is 18.5 Å². The van der Waals surface area contributed by atoms with Crippen molar-refractivity contribution in [2.24, 2.45) is 0 Å². The summed E-state index contributed by atoms with van der Waals surface area (Å²) in [5, 5.41) is 3.56. The van der Waals surface area contributed by atoms with E-state index in [0.717, 1.165) is 18.4 Å². The van der Waals surface area contributed by atoms with Crippen LogP contribution in [-0.2, 0) is 9.73 Å². The highest BCUT2D eigenvalue weighted by molar-refractivity contribution is 7.93. The number of aryl methyl sites for hydroxylation is 1. The highest BCUT2D eigenvalue weighted by Gasteiger charge is 2.34. The molecule has 0 radical (unpaired) electrons. The smallest absolute Gasteiger partial charge is 0.280 e. The van der Waals surface area contributed by atoms with Crippen molar-refractivity contribution in [2.45, 2.75) is 29.9 Å². The Hall–Kier alpha value is -2.38. The molecule has 1 fully saturated rings. The SMILES string of the molecule is Cc1[nH]n(-c2ccc(S(=N)(=O)C3CC3)cn2)c(=O)c1-c1ccc(Cl)cc1. The average Bonchev–Trinajstić information content (AvgIpc) is 3.43. The Bertz CT molecular complexity index is 1130. The largest absolute Gasteiger partial charge is 0.293 e. The molecule has 1 aliphatic rings. The molecule has 3 aromatic rings. The molecule has 0 spiro atoms. The van der Waals surface area contributed by atoms with Gasteiger partial charge in [0.2, 0.25) is 0 Å². The number of pyridine rings is 1. The summed E-state index contributed by atoms with van der Waals surface area (Å²) in [6.45, 7) is 1.82. The molecule has 0 amide bonds. The maximum absolute atomic E-state index is 12.8. The van der Waals surface area contributed by atoms with E-state index < -0.39 is 9.73 Å². The van der Waals surface area contributed by atoms with Gasteiger partial charge in [0.1, 0.15) is 0 Å². The number of aromatic amines is 1. The van der Waals surface area contributed by atoms with E-state index in [1.54, 1.807) is 36.4 Å². The summed E-state index contributed by atoms with van der Waals surface area (Å²) in [7, 11) is -2.80. The predicted octanol–water partition coefficient (Wildman–Crippen LogP) is 3.76. The van der Waals surface area contributed by atoms with Crippen molar-refractivity contribution >= 4 is 21.3 Å². The molecule has 2 aromatic heterocycles. The van der Waals surface area contributed by atoms with Gasteiger partial charge in [0, 0.05) is 22.2 Å². The van der Waals surface area contributed by atoms with Gasteiger partial charge in [0.05, 0.1) is 20.2 Å². The quantitative estimate of drug-likeness (QED) is 0.712. The molecule has 1 aliphatic carbocycles. The molecule has 4 rings (SSSR count). The van der Waals surface area contributed by atoms with Crippen LogP contribution in [0.4, 0.5) is 0 Å². The lowest BCUT2D eigenvalue weighted by Gasteiger charge is -2.06. The van der Waals surface area contributed by atoms with Crippen molar-refractivity contribution in [3.05, 3.63) is 63.7 Å². The summed E-state index contributed by atoms with van der Waals surface area (Å²) in [5.41, 5.74) is 1.81. The van der Waals surface area contributed by atoms with Crippen molar-refractivity contribution in [1.29, 1.82) is 4.78 Å². The molecule has 2 heterocycles. The van der Waals surface area contributed by atoms with E-state index in [4.69, 9.17) is 16.4 Å². The Balaban J connectivity index is 1.74. The molecule has 0 aliphatic heterocycles. The summed E-state index contributed by atoms with van der Waals surface area (Å²) in [6.07, 6.45) is 3.08. The molecule has 6 nitrogen and oxygen atoms in total. The van der Waals surface area contributed by atoms with Gasteiger partial charge in [-0.25, -0.2) is 18.7 Å².